The van der Waals surface area contributed by atoms with Gasteiger partial charge in [-0.1, -0.05) is 6.07 Å². The number of amides is 1. The lowest BCUT2D eigenvalue weighted by Gasteiger charge is -2.14. The van der Waals surface area contributed by atoms with Crippen molar-refractivity contribution in [1.29, 1.82) is 0 Å². The molecule has 1 atom stereocenters. The average molecular weight is 386 g/mol. The second-order valence-corrected chi connectivity index (χ2v) is 6.71. The first-order chi connectivity index (χ1) is 13.0. The van der Waals surface area contributed by atoms with Crippen molar-refractivity contribution >= 4 is 17.2 Å². The molecule has 1 unspecified atom stereocenters. The molecule has 1 aromatic heterocycles. The van der Waals surface area contributed by atoms with Crippen LogP contribution in [-0.4, -0.2) is 25.1 Å². The van der Waals surface area contributed by atoms with Gasteiger partial charge in [-0.05, 0) is 48.9 Å². The highest BCUT2D eigenvalue weighted by Gasteiger charge is 2.16. The Kier molecular flexibility index (Phi) is 5.71. The van der Waals surface area contributed by atoms with Gasteiger partial charge in [0.25, 0.3) is 5.91 Å². The number of nitrogens with one attached hydrogen (secondary N) is 1. The molecule has 0 spiro atoms. The molecule has 7 heteroatoms. The van der Waals surface area contributed by atoms with Crippen LogP contribution in [0.1, 0.15) is 29.0 Å². The molecule has 0 radical (unpaired) electrons. The molecule has 1 amide bonds. The number of hydrogen-bond donors (Lipinski definition) is 1. The monoisotopic (exact) mass is 386 g/mol. The summed E-state index contributed by atoms with van der Waals surface area (Å²) >= 11 is 1.39. The number of halogens is 1. The molecule has 0 saturated carbocycles. The largest absolute Gasteiger partial charge is 0.497 e. The van der Waals surface area contributed by atoms with E-state index in [1.54, 1.807) is 25.5 Å². The molecule has 3 rings (SSSR count). The SMILES string of the molecule is COc1ccc(-c2nc(C(=O)NC(C)c3ccc(OC)c(F)c3)cs2)cc1. The van der Waals surface area contributed by atoms with E-state index in [0.717, 1.165) is 16.3 Å². The molecule has 3 aromatic rings. The Morgan fingerprint density at radius 3 is 2.52 bits per heavy atom. The number of carbonyl (C=O) groups excluding carboxylic acids is 1. The summed E-state index contributed by atoms with van der Waals surface area (Å²) in [6.07, 6.45) is 0. The lowest BCUT2D eigenvalue weighted by atomic mass is 10.1. The number of benzene rings is 2. The summed E-state index contributed by atoms with van der Waals surface area (Å²) in [5.41, 5.74) is 1.88. The Morgan fingerprint density at radius 1 is 1.15 bits per heavy atom. The van der Waals surface area contributed by atoms with E-state index in [-0.39, 0.29) is 17.7 Å². The Hall–Kier alpha value is -2.93. The van der Waals surface area contributed by atoms with E-state index >= 15 is 0 Å². The average Bonchev–Trinajstić information content (AvgIpc) is 3.18. The van der Waals surface area contributed by atoms with Gasteiger partial charge in [0, 0.05) is 10.9 Å². The molecule has 0 aliphatic rings. The molecule has 140 valence electrons. The van der Waals surface area contributed by atoms with Gasteiger partial charge in [0.05, 0.1) is 20.3 Å². The summed E-state index contributed by atoms with van der Waals surface area (Å²) in [7, 11) is 3.02. The van der Waals surface area contributed by atoms with Crippen LogP contribution in [0.4, 0.5) is 4.39 Å². The van der Waals surface area contributed by atoms with Crippen molar-refractivity contribution < 1.29 is 18.7 Å². The van der Waals surface area contributed by atoms with Crippen LogP contribution in [0.2, 0.25) is 0 Å². The van der Waals surface area contributed by atoms with Gasteiger partial charge in [-0.3, -0.25) is 4.79 Å². The van der Waals surface area contributed by atoms with Gasteiger partial charge in [-0.2, -0.15) is 0 Å². The molecule has 0 bridgehead atoms. The van der Waals surface area contributed by atoms with Crippen molar-refractivity contribution in [1.82, 2.24) is 10.3 Å². The van der Waals surface area contributed by atoms with E-state index in [1.807, 2.05) is 24.3 Å². The van der Waals surface area contributed by atoms with E-state index in [9.17, 15) is 9.18 Å². The van der Waals surface area contributed by atoms with Crippen molar-refractivity contribution in [3.63, 3.8) is 0 Å². The van der Waals surface area contributed by atoms with Crippen molar-refractivity contribution in [2.24, 2.45) is 0 Å². The minimum absolute atomic E-state index is 0.168. The summed E-state index contributed by atoms with van der Waals surface area (Å²) in [6, 6.07) is 11.7. The second kappa shape index (κ2) is 8.18. The molecule has 2 aromatic carbocycles. The van der Waals surface area contributed by atoms with E-state index in [0.29, 0.717) is 11.3 Å². The molecule has 5 nitrogen and oxygen atoms in total. The van der Waals surface area contributed by atoms with E-state index < -0.39 is 5.82 Å². The van der Waals surface area contributed by atoms with Crippen LogP contribution in [0.3, 0.4) is 0 Å². The second-order valence-electron chi connectivity index (χ2n) is 5.86. The normalized spacial score (nSPS) is 11.7. The smallest absolute Gasteiger partial charge is 0.271 e. The van der Waals surface area contributed by atoms with Crippen LogP contribution in [0, 0.1) is 5.82 Å². The summed E-state index contributed by atoms with van der Waals surface area (Å²) in [6.45, 7) is 1.79. The van der Waals surface area contributed by atoms with Gasteiger partial charge >= 0.3 is 0 Å². The third-order valence-corrected chi connectivity index (χ3v) is 4.99. The standard InChI is InChI=1S/C20H19FN2O3S/c1-12(14-6-9-18(26-3)16(21)10-14)22-19(24)17-11-27-20(23-17)13-4-7-15(25-2)8-5-13/h4-12H,1-3H3,(H,22,24). The fraction of sp³-hybridized carbons (Fsp3) is 0.200. The number of ether oxygens (including phenoxy) is 2. The topological polar surface area (TPSA) is 60.5 Å². The van der Waals surface area contributed by atoms with Crippen LogP contribution >= 0.6 is 11.3 Å². The Labute approximate surface area is 160 Å². The minimum Gasteiger partial charge on any atom is -0.497 e. The molecule has 1 N–H and O–H groups in total. The zero-order valence-corrected chi connectivity index (χ0v) is 16.0. The lowest BCUT2D eigenvalue weighted by molar-refractivity contribution is 0.0935. The van der Waals surface area contributed by atoms with Crippen molar-refractivity contribution in [3.05, 3.63) is 64.9 Å². The Morgan fingerprint density at radius 2 is 1.89 bits per heavy atom. The predicted octanol–water partition coefficient (Wildman–Crippen LogP) is 4.46. The molecule has 1 heterocycles. The highest BCUT2D eigenvalue weighted by molar-refractivity contribution is 7.13. The number of nitrogens with zero attached hydrogens (tertiary/aromatic N) is 1. The van der Waals surface area contributed by atoms with Gasteiger partial charge in [-0.25, -0.2) is 9.37 Å². The minimum atomic E-state index is -0.466. The maximum absolute atomic E-state index is 13.9. The number of thiazole rings is 1. The molecule has 0 aliphatic heterocycles. The zero-order valence-electron chi connectivity index (χ0n) is 15.2. The first kappa shape index (κ1) is 18.8. The Balaban J connectivity index is 1.70. The van der Waals surface area contributed by atoms with Gasteiger partial charge in [-0.15, -0.1) is 11.3 Å². The molecule has 0 fully saturated rings. The van der Waals surface area contributed by atoms with Gasteiger partial charge in [0.15, 0.2) is 11.6 Å². The first-order valence-electron chi connectivity index (χ1n) is 8.26. The highest BCUT2D eigenvalue weighted by atomic mass is 32.1. The van der Waals surface area contributed by atoms with E-state index in [4.69, 9.17) is 9.47 Å². The first-order valence-corrected chi connectivity index (χ1v) is 9.14. The zero-order chi connectivity index (χ0) is 19.4. The predicted molar refractivity (Wildman–Crippen MR) is 103 cm³/mol. The summed E-state index contributed by atoms with van der Waals surface area (Å²) in [5.74, 6) is 0.149. The number of methoxy groups -OCH3 is 2. The van der Waals surface area contributed by atoms with Crippen LogP contribution in [0.25, 0.3) is 10.6 Å². The fourth-order valence-electron chi connectivity index (χ4n) is 2.55. The van der Waals surface area contributed by atoms with Crippen LogP contribution in [0.15, 0.2) is 47.8 Å². The quantitative estimate of drug-likeness (QED) is 0.680. The van der Waals surface area contributed by atoms with Gasteiger partial charge in [0.1, 0.15) is 16.5 Å². The number of aromatic nitrogens is 1. The van der Waals surface area contributed by atoms with Crippen molar-refractivity contribution in [3.8, 4) is 22.1 Å². The Bertz CT molecular complexity index is 941. The van der Waals surface area contributed by atoms with Gasteiger partial charge < -0.3 is 14.8 Å². The maximum atomic E-state index is 13.9. The molecule has 0 saturated heterocycles. The maximum Gasteiger partial charge on any atom is 0.271 e. The number of carbonyl (C=O) groups is 1. The van der Waals surface area contributed by atoms with E-state index in [2.05, 4.69) is 10.3 Å². The van der Waals surface area contributed by atoms with Crippen LogP contribution < -0.4 is 14.8 Å². The molecular weight excluding hydrogens is 367 g/mol. The number of rotatable bonds is 6. The molecule has 0 aliphatic carbocycles. The molecular formula is C20H19FN2O3S. The molecule has 27 heavy (non-hydrogen) atoms. The third kappa shape index (κ3) is 4.25. The summed E-state index contributed by atoms with van der Waals surface area (Å²) in [4.78, 5) is 16.9. The van der Waals surface area contributed by atoms with Crippen LogP contribution in [-0.2, 0) is 0 Å². The third-order valence-electron chi connectivity index (χ3n) is 4.10. The lowest BCUT2D eigenvalue weighted by Crippen LogP contribution is -2.27. The van der Waals surface area contributed by atoms with Gasteiger partial charge in [0.2, 0.25) is 0 Å². The fourth-order valence-corrected chi connectivity index (χ4v) is 3.36. The summed E-state index contributed by atoms with van der Waals surface area (Å²) in [5, 5.41) is 5.28. The highest BCUT2D eigenvalue weighted by Crippen LogP contribution is 2.26. The summed E-state index contributed by atoms with van der Waals surface area (Å²) < 4.78 is 23.9. The van der Waals surface area contributed by atoms with Crippen LogP contribution in [0.5, 0.6) is 11.5 Å². The van der Waals surface area contributed by atoms with Crippen molar-refractivity contribution in [2.75, 3.05) is 14.2 Å². The number of hydrogen-bond acceptors (Lipinski definition) is 5. The van der Waals surface area contributed by atoms with E-state index in [1.165, 1.54) is 30.6 Å². The van der Waals surface area contributed by atoms with Crippen molar-refractivity contribution in [2.45, 2.75) is 13.0 Å².